The lowest BCUT2D eigenvalue weighted by molar-refractivity contribution is 0.0734. The molecule has 0 atom stereocenters. The van der Waals surface area contributed by atoms with Gasteiger partial charge in [0.2, 0.25) is 0 Å². The van der Waals surface area contributed by atoms with Crippen molar-refractivity contribution in [2.24, 2.45) is 0 Å². The van der Waals surface area contributed by atoms with Crippen LogP contribution in [0.1, 0.15) is 119 Å². The first kappa shape index (κ1) is 31.5. The molecule has 0 saturated carbocycles. The molecule has 0 aliphatic carbocycles. The third-order valence-electron chi connectivity index (χ3n) is 7.35. The van der Waals surface area contributed by atoms with E-state index in [-0.39, 0.29) is 5.97 Å². The summed E-state index contributed by atoms with van der Waals surface area (Å²) in [7, 11) is 0. The van der Waals surface area contributed by atoms with Crippen molar-refractivity contribution in [3.8, 4) is 17.0 Å². The number of aromatic nitrogens is 1. The van der Waals surface area contributed by atoms with Crippen molar-refractivity contribution in [1.82, 2.24) is 4.98 Å². The summed E-state index contributed by atoms with van der Waals surface area (Å²) in [5.41, 5.74) is 4.79. The lowest BCUT2D eigenvalue weighted by Crippen LogP contribution is -2.08. The zero-order chi connectivity index (χ0) is 28.3. The molecule has 4 heteroatoms. The number of pyridine rings is 1. The molecule has 0 spiro atoms. The fourth-order valence-electron chi connectivity index (χ4n) is 4.81. The third-order valence-corrected chi connectivity index (χ3v) is 7.35. The predicted octanol–water partition coefficient (Wildman–Crippen LogP) is 10.1. The zero-order valence-corrected chi connectivity index (χ0v) is 24.8. The van der Waals surface area contributed by atoms with Crippen LogP contribution in [0.3, 0.4) is 0 Å². The summed E-state index contributed by atoms with van der Waals surface area (Å²) in [5.74, 6) is 0.194. The van der Waals surface area contributed by atoms with Gasteiger partial charge in [0, 0.05) is 18.4 Å². The molecular formula is C36H49NO3. The molecule has 216 valence electrons. The number of aryl methyl sites for hydroxylation is 1. The molecule has 0 N–H and O–H groups in total. The Morgan fingerprint density at radius 1 is 0.650 bits per heavy atom. The molecule has 3 aromatic rings. The van der Waals surface area contributed by atoms with Crippen molar-refractivity contribution in [3.05, 3.63) is 83.6 Å². The molecule has 0 bridgehead atoms. The van der Waals surface area contributed by atoms with Gasteiger partial charge in [0.15, 0.2) is 0 Å². The number of hydrogen-bond acceptors (Lipinski definition) is 4. The third kappa shape index (κ3) is 12.0. The van der Waals surface area contributed by atoms with Gasteiger partial charge in [-0.1, -0.05) is 103 Å². The fraction of sp³-hybridized carbons (Fsp3) is 0.500. The molecule has 0 fully saturated rings. The largest absolute Gasteiger partial charge is 0.423 e. The van der Waals surface area contributed by atoms with Crippen LogP contribution < -0.4 is 4.74 Å². The minimum absolute atomic E-state index is 0.335. The molecule has 40 heavy (non-hydrogen) atoms. The van der Waals surface area contributed by atoms with Crippen LogP contribution in [0.15, 0.2) is 66.9 Å². The van der Waals surface area contributed by atoms with Crippen LogP contribution in [0.25, 0.3) is 11.3 Å². The highest BCUT2D eigenvalue weighted by Crippen LogP contribution is 2.22. The minimum Gasteiger partial charge on any atom is -0.423 e. The molecule has 0 unspecified atom stereocenters. The van der Waals surface area contributed by atoms with Crippen molar-refractivity contribution in [3.63, 3.8) is 0 Å². The lowest BCUT2D eigenvalue weighted by atomic mass is 10.0. The standard InChI is InChI=1S/C36H49NO3/c1-3-5-7-9-11-12-14-16-30-17-20-33(21-18-30)36(38)40-34-24-22-32(23-25-34)35-26-19-31(28-37-35)29-39-27-15-13-10-8-6-4-2/h17-26,28H,3-16,27,29H2,1-2H3. The van der Waals surface area contributed by atoms with E-state index in [1.165, 1.54) is 82.6 Å². The molecule has 3 rings (SSSR count). The summed E-state index contributed by atoms with van der Waals surface area (Å²) in [4.78, 5) is 17.2. The van der Waals surface area contributed by atoms with E-state index < -0.39 is 0 Å². The molecule has 0 radical (unpaired) electrons. The van der Waals surface area contributed by atoms with E-state index in [4.69, 9.17) is 9.47 Å². The van der Waals surface area contributed by atoms with Crippen LogP contribution in [0.2, 0.25) is 0 Å². The summed E-state index contributed by atoms with van der Waals surface area (Å²) in [6.45, 7) is 5.89. The quantitative estimate of drug-likeness (QED) is 0.0808. The van der Waals surface area contributed by atoms with Gasteiger partial charge in [0.1, 0.15) is 5.75 Å². The molecule has 2 aromatic carbocycles. The highest BCUT2D eigenvalue weighted by molar-refractivity contribution is 5.91. The second kappa shape index (κ2) is 19.2. The zero-order valence-electron chi connectivity index (χ0n) is 24.8. The van der Waals surface area contributed by atoms with Crippen LogP contribution in [0, 0.1) is 0 Å². The van der Waals surface area contributed by atoms with E-state index >= 15 is 0 Å². The van der Waals surface area contributed by atoms with Gasteiger partial charge in [-0.25, -0.2) is 4.79 Å². The van der Waals surface area contributed by atoms with E-state index in [0.717, 1.165) is 36.3 Å². The average Bonchev–Trinajstić information content (AvgIpc) is 2.99. The van der Waals surface area contributed by atoms with Gasteiger partial charge in [-0.2, -0.15) is 0 Å². The topological polar surface area (TPSA) is 48.4 Å². The Balaban J connectivity index is 1.37. The first-order chi connectivity index (χ1) is 19.7. The maximum atomic E-state index is 12.6. The number of unbranched alkanes of at least 4 members (excludes halogenated alkanes) is 11. The predicted molar refractivity (Wildman–Crippen MR) is 166 cm³/mol. The SMILES string of the molecule is CCCCCCCCCc1ccc(C(=O)Oc2ccc(-c3ccc(COCCCCCCCC)cn3)cc2)cc1. The normalized spacial score (nSPS) is 11.1. The van der Waals surface area contributed by atoms with Crippen molar-refractivity contribution >= 4 is 5.97 Å². The van der Waals surface area contributed by atoms with Crippen molar-refractivity contribution in [2.75, 3.05) is 6.61 Å². The van der Waals surface area contributed by atoms with E-state index in [0.29, 0.717) is 17.9 Å². The molecule has 0 saturated heterocycles. The molecule has 0 aliphatic rings. The number of benzene rings is 2. The van der Waals surface area contributed by atoms with Gasteiger partial charge in [-0.3, -0.25) is 4.98 Å². The highest BCUT2D eigenvalue weighted by atomic mass is 16.5. The average molecular weight is 544 g/mol. The van der Waals surface area contributed by atoms with Gasteiger partial charge < -0.3 is 9.47 Å². The first-order valence-electron chi connectivity index (χ1n) is 15.6. The van der Waals surface area contributed by atoms with Gasteiger partial charge in [0.05, 0.1) is 17.9 Å². The number of esters is 1. The summed E-state index contributed by atoms with van der Waals surface area (Å²) >= 11 is 0. The monoisotopic (exact) mass is 543 g/mol. The highest BCUT2D eigenvalue weighted by Gasteiger charge is 2.09. The number of rotatable bonds is 20. The fourth-order valence-corrected chi connectivity index (χ4v) is 4.81. The molecule has 4 nitrogen and oxygen atoms in total. The van der Waals surface area contributed by atoms with E-state index in [2.05, 4.69) is 24.9 Å². The second-order valence-corrected chi connectivity index (χ2v) is 10.9. The molecule has 0 amide bonds. The smallest absolute Gasteiger partial charge is 0.343 e. The number of carbonyl (C=O) groups excluding carboxylic acids is 1. The lowest BCUT2D eigenvalue weighted by Gasteiger charge is -2.08. The number of hydrogen-bond donors (Lipinski definition) is 0. The summed E-state index contributed by atoms with van der Waals surface area (Å²) in [6.07, 6.45) is 19.7. The maximum Gasteiger partial charge on any atom is 0.343 e. The number of ether oxygens (including phenoxy) is 2. The van der Waals surface area contributed by atoms with Gasteiger partial charge in [-0.05, 0) is 72.9 Å². The van der Waals surface area contributed by atoms with Gasteiger partial charge in [-0.15, -0.1) is 0 Å². The van der Waals surface area contributed by atoms with Crippen molar-refractivity contribution in [2.45, 2.75) is 110 Å². The van der Waals surface area contributed by atoms with Gasteiger partial charge >= 0.3 is 5.97 Å². The Bertz CT molecular complexity index is 1070. The molecular weight excluding hydrogens is 494 g/mol. The summed E-state index contributed by atoms with van der Waals surface area (Å²) < 4.78 is 11.4. The summed E-state index contributed by atoms with van der Waals surface area (Å²) in [6, 6.07) is 19.4. The van der Waals surface area contributed by atoms with Crippen LogP contribution in [-0.4, -0.2) is 17.6 Å². The van der Waals surface area contributed by atoms with Crippen LogP contribution in [-0.2, 0) is 17.8 Å². The van der Waals surface area contributed by atoms with Crippen molar-refractivity contribution in [1.29, 1.82) is 0 Å². The Hall–Kier alpha value is -2.98. The van der Waals surface area contributed by atoms with Crippen LogP contribution >= 0.6 is 0 Å². The van der Waals surface area contributed by atoms with Crippen molar-refractivity contribution < 1.29 is 14.3 Å². The Morgan fingerprint density at radius 3 is 1.88 bits per heavy atom. The first-order valence-corrected chi connectivity index (χ1v) is 15.6. The van der Waals surface area contributed by atoms with E-state index in [1.54, 1.807) is 0 Å². The Kier molecular flexibility index (Phi) is 15.1. The van der Waals surface area contributed by atoms with E-state index in [9.17, 15) is 4.79 Å². The molecule has 1 heterocycles. The maximum absolute atomic E-state index is 12.6. The van der Waals surface area contributed by atoms with Crippen LogP contribution in [0.4, 0.5) is 0 Å². The molecule has 1 aromatic heterocycles. The van der Waals surface area contributed by atoms with Crippen LogP contribution in [0.5, 0.6) is 5.75 Å². The molecule has 0 aliphatic heterocycles. The Morgan fingerprint density at radius 2 is 1.25 bits per heavy atom. The minimum atomic E-state index is -0.335. The second-order valence-electron chi connectivity index (χ2n) is 10.9. The Labute approximate surface area is 242 Å². The van der Waals surface area contributed by atoms with E-state index in [1.807, 2.05) is 60.8 Å². The summed E-state index contributed by atoms with van der Waals surface area (Å²) in [5, 5.41) is 0. The number of nitrogens with zero attached hydrogens (tertiary/aromatic N) is 1. The van der Waals surface area contributed by atoms with Gasteiger partial charge in [0.25, 0.3) is 0 Å². The number of carbonyl (C=O) groups is 1.